The molecule has 0 amide bonds. The van der Waals surface area contributed by atoms with Crippen LogP contribution >= 0.6 is 0 Å². The van der Waals surface area contributed by atoms with Gasteiger partial charge >= 0.3 is 0 Å². The van der Waals surface area contributed by atoms with E-state index in [-0.39, 0.29) is 0 Å². The Morgan fingerprint density at radius 2 is 2.08 bits per heavy atom. The molecule has 78 valence electrons. The summed E-state index contributed by atoms with van der Waals surface area (Å²) in [7, 11) is 2.21. The van der Waals surface area contributed by atoms with Gasteiger partial charge in [-0.05, 0) is 32.5 Å². The highest BCUT2D eigenvalue weighted by Gasteiger charge is 2.19. The second kappa shape index (κ2) is 5.61. The summed E-state index contributed by atoms with van der Waals surface area (Å²) >= 11 is 0. The van der Waals surface area contributed by atoms with Crippen LogP contribution in [0.2, 0.25) is 0 Å². The van der Waals surface area contributed by atoms with E-state index >= 15 is 0 Å². The summed E-state index contributed by atoms with van der Waals surface area (Å²) in [6.45, 7) is 8.29. The third kappa shape index (κ3) is 3.65. The number of hydrogen-bond acceptors (Lipinski definition) is 2. The largest absolute Gasteiger partial charge is 0.312 e. The lowest BCUT2D eigenvalue weighted by molar-refractivity contribution is 0.377. The monoisotopic (exact) mass is 184 g/mol. The van der Waals surface area contributed by atoms with Crippen LogP contribution in [0, 0.1) is 5.92 Å². The van der Waals surface area contributed by atoms with Crippen LogP contribution in [0.25, 0.3) is 0 Å². The highest BCUT2D eigenvalue weighted by atomic mass is 15.2. The fourth-order valence-corrected chi connectivity index (χ4v) is 2.01. The molecule has 0 radical (unpaired) electrons. The quantitative estimate of drug-likeness (QED) is 0.700. The molecule has 0 aromatic heterocycles. The Kier molecular flexibility index (Phi) is 4.74. The molecule has 1 aliphatic rings. The van der Waals surface area contributed by atoms with E-state index in [0.717, 1.165) is 12.0 Å². The van der Waals surface area contributed by atoms with E-state index in [0.29, 0.717) is 0 Å². The maximum absolute atomic E-state index is 3.67. The normalized spacial score (nSPS) is 24.5. The molecule has 1 heterocycles. The van der Waals surface area contributed by atoms with Gasteiger partial charge in [-0.2, -0.15) is 0 Å². The lowest BCUT2D eigenvalue weighted by Crippen LogP contribution is -2.34. The van der Waals surface area contributed by atoms with Crippen molar-refractivity contribution in [2.45, 2.75) is 39.2 Å². The standard InChI is InChI=1S/C11H24N2/c1-4-10(5-2)8-12-11-6-7-13(3)9-11/h10-12H,4-9H2,1-3H3/t11-/m0/s1. The van der Waals surface area contributed by atoms with Gasteiger partial charge in [0.2, 0.25) is 0 Å². The van der Waals surface area contributed by atoms with Gasteiger partial charge in [0.15, 0.2) is 0 Å². The SMILES string of the molecule is CCC(CC)CN[C@H]1CCN(C)C1. The number of nitrogens with zero attached hydrogens (tertiary/aromatic N) is 1. The van der Waals surface area contributed by atoms with Crippen LogP contribution < -0.4 is 5.32 Å². The Morgan fingerprint density at radius 3 is 2.54 bits per heavy atom. The number of likely N-dealkylation sites (tertiary alicyclic amines) is 1. The number of likely N-dealkylation sites (N-methyl/N-ethyl adjacent to an activating group) is 1. The average molecular weight is 184 g/mol. The van der Waals surface area contributed by atoms with E-state index in [9.17, 15) is 0 Å². The second-order valence-electron chi connectivity index (χ2n) is 4.34. The minimum absolute atomic E-state index is 0.755. The predicted molar refractivity (Wildman–Crippen MR) is 58.0 cm³/mol. The summed E-state index contributed by atoms with van der Waals surface area (Å²) < 4.78 is 0. The topological polar surface area (TPSA) is 15.3 Å². The second-order valence-corrected chi connectivity index (χ2v) is 4.34. The number of rotatable bonds is 5. The van der Waals surface area contributed by atoms with Crippen molar-refractivity contribution < 1.29 is 0 Å². The molecule has 0 spiro atoms. The maximum Gasteiger partial charge on any atom is 0.0207 e. The molecule has 1 saturated heterocycles. The summed E-state index contributed by atoms with van der Waals surface area (Å²) in [6.07, 6.45) is 3.95. The highest BCUT2D eigenvalue weighted by Crippen LogP contribution is 2.09. The molecule has 2 nitrogen and oxygen atoms in total. The molecule has 0 aromatic rings. The summed E-state index contributed by atoms with van der Waals surface area (Å²) in [5, 5.41) is 3.67. The summed E-state index contributed by atoms with van der Waals surface area (Å²) in [6, 6.07) is 0.755. The van der Waals surface area contributed by atoms with Crippen LogP contribution in [0.3, 0.4) is 0 Å². The molecular formula is C11H24N2. The van der Waals surface area contributed by atoms with Crippen molar-refractivity contribution in [1.29, 1.82) is 0 Å². The van der Waals surface area contributed by atoms with Gasteiger partial charge in [0.25, 0.3) is 0 Å². The van der Waals surface area contributed by atoms with E-state index in [2.05, 4.69) is 31.1 Å². The van der Waals surface area contributed by atoms with E-state index in [1.165, 1.54) is 38.9 Å². The Hall–Kier alpha value is -0.0800. The van der Waals surface area contributed by atoms with Crippen molar-refractivity contribution in [1.82, 2.24) is 10.2 Å². The number of hydrogen-bond donors (Lipinski definition) is 1. The van der Waals surface area contributed by atoms with Gasteiger partial charge in [0, 0.05) is 12.6 Å². The molecule has 13 heavy (non-hydrogen) atoms. The van der Waals surface area contributed by atoms with Crippen LogP contribution in [0.1, 0.15) is 33.1 Å². The van der Waals surface area contributed by atoms with Gasteiger partial charge in [0.1, 0.15) is 0 Å². The van der Waals surface area contributed by atoms with Gasteiger partial charge in [-0.25, -0.2) is 0 Å². The molecule has 0 saturated carbocycles. The van der Waals surface area contributed by atoms with Crippen molar-refractivity contribution in [3.8, 4) is 0 Å². The van der Waals surface area contributed by atoms with Gasteiger partial charge in [-0.3, -0.25) is 0 Å². The van der Waals surface area contributed by atoms with Crippen molar-refractivity contribution in [2.24, 2.45) is 5.92 Å². The summed E-state index contributed by atoms with van der Waals surface area (Å²) in [5.74, 6) is 0.880. The van der Waals surface area contributed by atoms with Crippen LogP contribution in [0.4, 0.5) is 0 Å². The van der Waals surface area contributed by atoms with E-state index < -0.39 is 0 Å². The minimum Gasteiger partial charge on any atom is -0.312 e. The summed E-state index contributed by atoms with van der Waals surface area (Å²) in [5.41, 5.74) is 0. The number of nitrogens with one attached hydrogen (secondary N) is 1. The van der Waals surface area contributed by atoms with Crippen LogP contribution in [0.15, 0.2) is 0 Å². The van der Waals surface area contributed by atoms with Gasteiger partial charge in [-0.15, -0.1) is 0 Å². The first-order valence-corrected chi connectivity index (χ1v) is 5.68. The lowest BCUT2D eigenvalue weighted by atomic mass is 10.0. The van der Waals surface area contributed by atoms with Gasteiger partial charge in [0.05, 0.1) is 0 Å². The average Bonchev–Trinajstić information content (AvgIpc) is 2.53. The van der Waals surface area contributed by atoms with Gasteiger partial charge in [-0.1, -0.05) is 26.7 Å². The van der Waals surface area contributed by atoms with Crippen molar-refractivity contribution in [3.63, 3.8) is 0 Å². The summed E-state index contributed by atoms with van der Waals surface area (Å²) in [4.78, 5) is 2.41. The predicted octanol–water partition coefficient (Wildman–Crippen LogP) is 1.72. The Morgan fingerprint density at radius 1 is 1.38 bits per heavy atom. The van der Waals surface area contributed by atoms with E-state index in [1.54, 1.807) is 0 Å². The molecule has 1 rings (SSSR count). The Balaban J connectivity index is 2.11. The fraction of sp³-hybridized carbons (Fsp3) is 1.00. The fourth-order valence-electron chi connectivity index (χ4n) is 2.01. The molecule has 1 aliphatic heterocycles. The molecule has 0 unspecified atom stereocenters. The molecule has 1 fully saturated rings. The van der Waals surface area contributed by atoms with Crippen LogP contribution in [-0.4, -0.2) is 37.6 Å². The van der Waals surface area contributed by atoms with Gasteiger partial charge < -0.3 is 10.2 Å². The molecule has 2 heteroatoms. The first-order chi connectivity index (χ1) is 6.26. The first-order valence-electron chi connectivity index (χ1n) is 5.68. The first kappa shape index (κ1) is 11.0. The van der Waals surface area contributed by atoms with E-state index in [4.69, 9.17) is 0 Å². The third-order valence-electron chi connectivity index (χ3n) is 3.24. The molecular weight excluding hydrogens is 160 g/mol. The maximum atomic E-state index is 3.67. The lowest BCUT2D eigenvalue weighted by Gasteiger charge is -2.17. The molecule has 0 bridgehead atoms. The molecule has 1 N–H and O–H groups in total. The van der Waals surface area contributed by atoms with Crippen molar-refractivity contribution >= 4 is 0 Å². The third-order valence-corrected chi connectivity index (χ3v) is 3.24. The minimum atomic E-state index is 0.755. The molecule has 0 aromatic carbocycles. The molecule has 0 aliphatic carbocycles. The zero-order chi connectivity index (χ0) is 9.68. The smallest absolute Gasteiger partial charge is 0.0207 e. The van der Waals surface area contributed by atoms with Crippen LogP contribution in [-0.2, 0) is 0 Å². The highest BCUT2D eigenvalue weighted by molar-refractivity contribution is 4.79. The van der Waals surface area contributed by atoms with Crippen molar-refractivity contribution in [2.75, 3.05) is 26.7 Å². The zero-order valence-corrected chi connectivity index (χ0v) is 9.34. The zero-order valence-electron chi connectivity index (χ0n) is 9.34. The van der Waals surface area contributed by atoms with Crippen LogP contribution in [0.5, 0.6) is 0 Å². The Labute approximate surface area is 82.7 Å². The van der Waals surface area contributed by atoms with E-state index in [1.807, 2.05) is 0 Å². The van der Waals surface area contributed by atoms with Crippen molar-refractivity contribution in [3.05, 3.63) is 0 Å². The molecule has 1 atom stereocenters. The Bertz CT molecular complexity index is 132.